The van der Waals surface area contributed by atoms with Gasteiger partial charge in [0.25, 0.3) is 0 Å². The van der Waals surface area contributed by atoms with Gasteiger partial charge in [0.05, 0.1) is 10.7 Å². The zero-order chi connectivity index (χ0) is 17.1. The maximum Gasteiger partial charge on any atom is 0.369 e. The summed E-state index contributed by atoms with van der Waals surface area (Å²) in [6, 6.07) is 8.76. The summed E-state index contributed by atoms with van der Waals surface area (Å²) in [4.78, 5) is 26.2. The van der Waals surface area contributed by atoms with E-state index in [2.05, 4.69) is 10.4 Å². The Balaban J connectivity index is 1.76. The molecule has 0 saturated carbocycles. The van der Waals surface area contributed by atoms with Crippen molar-refractivity contribution in [3.8, 4) is 5.69 Å². The van der Waals surface area contributed by atoms with Crippen molar-refractivity contribution in [1.29, 1.82) is 0 Å². The van der Waals surface area contributed by atoms with Gasteiger partial charge in [-0.05, 0) is 44.9 Å². The minimum absolute atomic E-state index is 0.177. The first-order chi connectivity index (χ1) is 11.6. The first-order valence-corrected chi connectivity index (χ1v) is 8.41. The topological polar surface area (TPSA) is 73.0 Å². The number of likely N-dealkylation sites (N-methyl/N-ethyl adjacent to an activating group) is 1. The number of rotatable bonds is 5. The molecule has 9 heteroatoms. The zero-order valence-corrected chi connectivity index (χ0v) is 14.4. The first-order valence-electron chi connectivity index (χ1n) is 7.09. The number of amides is 1. The lowest BCUT2D eigenvalue weighted by Gasteiger charge is -2.15. The highest BCUT2D eigenvalue weighted by atomic mass is 35.5. The number of nitrogens with zero attached hydrogens (tertiary/aromatic N) is 5. The largest absolute Gasteiger partial charge is 0.369 e. The number of hydrogen-bond donors (Lipinski definition) is 0. The second kappa shape index (κ2) is 6.98. The minimum Gasteiger partial charge on any atom is -0.340 e. The molecule has 0 aliphatic carbocycles. The van der Waals surface area contributed by atoms with E-state index >= 15 is 0 Å². The van der Waals surface area contributed by atoms with Crippen LogP contribution < -0.4 is 5.69 Å². The molecule has 2 heterocycles. The fraction of sp³-hybridized carbons (Fsp3) is 0.200. The molecule has 1 amide bonds. The van der Waals surface area contributed by atoms with Crippen LogP contribution in [0.25, 0.3) is 5.69 Å². The van der Waals surface area contributed by atoms with E-state index < -0.39 is 5.69 Å². The molecule has 3 aromatic rings. The van der Waals surface area contributed by atoms with Crippen LogP contribution in [0, 0.1) is 0 Å². The molecule has 0 unspecified atom stereocenters. The molecule has 2 aromatic heterocycles. The summed E-state index contributed by atoms with van der Waals surface area (Å²) < 4.78 is 2.10. The van der Waals surface area contributed by atoms with Gasteiger partial charge < -0.3 is 4.90 Å². The quantitative estimate of drug-likeness (QED) is 0.693. The fourth-order valence-electron chi connectivity index (χ4n) is 2.14. The van der Waals surface area contributed by atoms with Gasteiger partial charge in [-0.3, -0.25) is 4.79 Å². The molecule has 3 rings (SSSR count). The number of halogens is 1. The number of aromatic nitrogens is 4. The Hall–Kier alpha value is -2.45. The van der Waals surface area contributed by atoms with Gasteiger partial charge in [-0.1, -0.05) is 23.7 Å². The molecule has 0 fully saturated rings. The van der Waals surface area contributed by atoms with Crippen LogP contribution in [0.4, 0.5) is 0 Å². The van der Waals surface area contributed by atoms with Crippen molar-refractivity contribution < 1.29 is 4.79 Å². The Morgan fingerprint density at radius 2 is 2.08 bits per heavy atom. The Labute approximate surface area is 146 Å². The second-order valence-corrected chi connectivity index (χ2v) is 6.35. The van der Waals surface area contributed by atoms with Crippen LogP contribution in [0.3, 0.4) is 0 Å². The van der Waals surface area contributed by atoms with E-state index in [4.69, 9.17) is 11.6 Å². The zero-order valence-electron chi connectivity index (χ0n) is 12.8. The predicted molar refractivity (Wildman–Crippen MR) is 91.4 cm³/mol. The van der Waals surface area contributed by atoms with Crippen molar-refractivity contribution in [3.63, 3.8) is 0 Å². The van der Waals surface area contributed by atoms with Gasteiger partial charge in [0.1, 0.15) is 6.54 Å². The van der Waals surface area contributed by atoms with Gasteiger partial charge in [-0.25, -0.2) is 4.79 Å². The van der Waals surface area contributed by atoms with Crippen LogP contribution in [-0.2, 0) is 17.9 Å². The summed E-state index contributed by atoms with van der Waals surface area (Å²) in [7, 11) is 1.68. The van der Waals surface area contributed by atoms with Crippen LogP contribution in [0.15, 0.2) is 45.9 Å². The van der Waals surface area contributed by atoms with Crippen molar-refractivity contribution in [3.05, 3.63) is 62.2 Å². The molecule has 0 bridgehead atoms. The third kappa shape index (κ3) is 3.39. The number of carbonyl (C=O) groups is 1. The van der Waals surface area contributed by atoms with Gasteiger partial charge in [0.2, 0.25) is 5.91 Å². The van der Waals surface area contributed by atoms with E-state index in [9.17, 15) is 9.59 Å². The Kier molecular flexibility index (Phi) is 4.77. The van der Waals surface area contributed by atoms with Crippen LogP contribution in [0.1, 0.15) is 5.56 Å². The molecule has 0 atom stereocenters. The summed E-state index contributed by atoms with van der Waals surface area (Å²) in [5, 5.41) is 11.9. The van der Waals surface area contributed by atoms with Gasteiger partial charge in [-0.2, -0.15) is 20.7 Å². The number of benzene rings is 1. The highest BCUT2D eigenvalue weighted by Gasteiger charge is 2.16. The van der Waals surface area contributed by atoms with Gasteiger partial charge >= 0.3 is 5.69 Å². The molecule has 1 aromatic carbocycles. The van der Waals surface area contributed by atoms with Crippen molar-refractivity contribution in [2.75, 3.05) is 7.05 Å². The van der Waals surface area contributed by atoms with E-state index in [1.54, 1.807) is 47.5 Å². The Bertz CT molecular complexity index is 903. The summed E-state index contributed by atoms with van der Waals surface area (Å²) in [6.07, 6.45) is 0. The maximum atomic E-state index is 12.4. The smallest absolute Gasteiger partial charge is 0.340 e. The lowest BCUT2D eigenvalue weighted by molar-refractivity contribution is -0.131. The van der Waals surface area contributed by atoms with Crippen molar-refractivity contribution >= 4 is 28.8 Å². The molecule has 0 spiro atoms. The average molecular weight is 364 g/mol. The SMILES string of the molecule is CN(Cc1ccsc1)C(=O)Cn1nnn(-c2ccccc2Cl)c1=O. The molecular weight excluding hydrogens is 350 g/mol. The summed E-state index contributed by atoms with van der Waals surface area (Å²) in [6.45, 7) is 0.305. The van der Waals surface area contributed by atoms with E-state index in [0.29, 0.717) is 17.3 Å². The van der Waals surface area contributed by atoms with Crippen LogP contribution in [-0.4, -0.2) is 37.6 Å². The molecule has 0 radical (unpaired) electrons. The maximum absolute atomic E-state index is 12.4. The molecular formula is C15H14ClN5O2S. The third-order valence-corrected chi connectivity index (χ3v) is 4.48. The van der Waals surface area contributed by atoms with Crippen molar-refractivity contribution in [1.82, 2.24) is 24.7 Å². The lowest BCUT2D eigenvalue weighted by atomic mass is 10.3. The van der Waals surface area contributed by atoms with E-state index in [1.807, 2.05) is 16.8 Å². The number of para-hydroxylation sites is 1. The number of thiophene rings is 1. The number of tetrazole rings is 1. The second-order valence-electron chi connectivity index (χ2n) is 5.16. The number of carbonyl (C=O) groups excluding carboxylic acids is 1. The average Bonchev–Trinajstić information content (AvgIpc) is 3.19. The standard InChI is InChI=1S/C15H14ClN5O2S/c1-19(8-11-6-7-24-10-11)14(22)9-20-15(23)21(18-17-20)13-5-3-2-4-12(13)16/h2-7,10H,8-9H2,1H3. The number of hydrogen-bond acceptors (Lipinski definition) is 5. The molecule has 24 heavy (non-hydrogen) atoms. The van der Waals surface area contributed by atoms with Gasteiger partial charge in [0.15, 0.2) is 0 Å². The van der Waals surface area contributed by atoms with Crippen LogP contribution >= 0.6 is 22.9 Å². The predicted octanol–water partition coefficient (Wildman–Crippen LogP) is 1.80. The molecule has 0 N–H and O–H groups in total. The van der Waals surface area contributed by atoms with E-state index in [1.165, 1.54) is 0 Å². The van der Waals surface area contributed by atoms with Crippen molar-refractivity contribution in [2.24, 2.45) is 0 Å². The van der Waals surface area contributed by atoms with Crippen LogP contribution in [0.2, 0.25) is 5.02 Å². The summed E-state index contributed by atoms with van der Waals surface area (Å²) in [5.74, 6) is -0.227. The highest BCUT2D eigenvalue weighted by molar-refractivity contribution is 7.07. The summed E-state index contributed by atoms with van der Waals surface area (Å²) in [5.41, 5.74) is 0.956. The lowest BCUT2D eigenvalue weighted by Crippen LogP contribution is -2.34. The molecule has 124 valence electrons. The molecule has 0 aliphatic heterocycles. The fourth-order valence-corrected chi connectivity index (χ4v) is 3.02. The monoisotopic (exact) mass is 363 g/mol. The Morgan fingerprint density at radius 1 is 1.29 bits per heavy atom. The van der Waals surface area contributed by atoms with Crippen LogP contribution in [0.5, 0.6) is 0 Å². The Morgan fingerprint density at radius 3 is 2.79 bits per heavy atom. The third-order valence-electron chi connectivity index (χ3n) is 3.43. The summed E-state index contributed by atoms with van der Waals surface area (Å²) >= 11 is 7.64. The molecule has 0 saturated heterocycles. The first kappa shape index (κ1) is 16.4. The molecule has 7 nitrogen and oxygen atoms in total. The molecule has 0 aliphatic rings. The van der Waals surface area contributed by atoms with Crippen molar-refractivity contribution in [2.45, 2.75) is 13.1 Å². The normalized spacial score (nSPS) is 10.8. The van der Waals surface area contributed by atoms with Gasteiger partial charge in [0, 0.05) is 13.6 Å². The van der Waals surface area contributed by atoms with E-state index in [-0.39, 0.29) is 12.5 Å². The van der Waals surface area contributed by atoms with E-state index in [0.717, 1.165) is 14.9 Å². The highest BCUT2D eigenvalue weighted by Crippen LogP contribution is 2.16. The minimum atomic E-state index is -0.514. The van der Waals surface area contributed by atoms with Gasteiger partial charge in [-0.15, -0.1) is 0 Å².